The van der Waals surface area contributed by atoms with Crippen molar-refractivity contribution in [3.63, 3.8) is 0 Å². The predicted octanol–water partition coefficient (Wildman–Crippen LogP) is 3.18. The molecule has 0 saturated heterocycles. The van der Waals surface area contributed by atoms with Crippen LogP contribution in [0.15, 0.2) is 17.0 Å². The average Bonchev–Trinajstić information content (AvgIpc) is 2.82. The van der Waals surface area contributed by atoms with Gasteiger partial charge in [-0.05, 0) is 49.6 Å². The van der Waals surface area contributed by atoms with Crippen molar-refractivity contribution < 1.29 is 8.42 Å². The maximum absolute atomic E-state index is 12.4. The summed E-state index contributed by atoms with van der Waals surface area (Å²) in [5, 5.41) is 0.926. The molecule has 1 aliphatic rings. The summed E-state index contributed by atoms with van der Waals surface area (Å²) in [6.07, 6.45) is 2.82. The van der Waals surface area contributed by atoms with Crippen molar-refractivity contribution in [2.24, 2.45) is 0 Å². The fourth-order valence-corrected chi connectivity index (χ4v) is 5.33. The number of sulfonamides is 1. The molecule has 0 radical (unpaired) electrons. The van der Waals surface area contributed by atoms with Gasteiger partial charge >= 0.3 is 0 Å². The normalized spacial score (nSPS) is 22.6. The van der Waals surface area contributed by atoms with Crippen molar-refractivity contribution in [3.05, 3.63) is 22.7 Å². The molecule has 0 heterocycles. The molecule has 118 valence electrons. The number of benzene rings is 1. The third kappa shape index (κ3) is 4.06. The van der Waals surface area contributed by atoms with Crippen molar-refractivity contribution in [2.45, 2.75) is 49.3 Å². The van der Waals surface area contributed by atoms with Gasteiger partial charge in [0, 0.05) is 22.0 Å². The monoisotopic (exact) mass is 348 g/mol. The lowest BCUT2D eigenvalue weighted by atomic mass is 10.2. The van der Waals surface area contributed by atoms with Gasteiger partial charge in [-0.2, -0.15) is 11.8 Å². The highest BCUT2D eigenvalue weighted by atomic mass is 35.5. The Morgan fingerprint density at radius 2 is 2.14 bits per heavy atom. The summed E-state index contributed by atoms with van der Waals surface area (Å²) in [7, 11) is -3.57. The summed E-state index contributed by atoms with van der Waals surface area (Å²) in [6.45, 7) is 3.89. The van der Waals surface area contributed by atoms with Crippen LogP contribution in [0.5, 0.6) is 0 Å². The van der Waals surface area contributed by atoms with E-state index in [9.17, 15) is 8.42 Å². The molecule has 1 fully saturated rings. The van der Waals surface area contributed by atoms with Crippen LogP contribution in [0.2, 0.25) is 5.02 Å². The second kappa shape index (κ2) is 6.77. The molecule has 3 N–H and O–H groups in total. The molecule has 0 amide bonds. The van der Waals surface area contributed by atoms with Gasteiger partial charge in [0.15, 0.2) is 0 Å². The number of hydrogen-bond acceptors (Lipinski definition) is 4. The first-order valence-electron chi connectivity index (χ1n) is 7.03. The summed E-state index contributed by atoms with van der Waals surface area (Å²) in [5.74, 6) is 1.06. The minimum atomic E-state index is -3.57. The fraction of sp³-hybridized carbons (Fsp3) is 0.571. The lowest BCUT2D eigenvalue weighted by Gasteiger charge is -2.15. The van der Waals surface area contributed by atoms with Crippen LogP contribution in [0, 0.1) is 6.92 Å². The van der Waals surface area contributed by atoms with Crippen molar-refractivity contribution in [1.82, 2.24) is 4.72 Å². The van der Waals surface area contributed by atoms with E-state index in [1.165, 1.54) is 12.1 Å². The van der Waals surface area contributed by atoms with E-state index in [0.29, 0.717) is 21.5 Å². The van der Waals surface area contributed by atoms with E-state index in [1.54, 1.807) is 6.92 Å². The Morgan fingerprint density at radius 1 is 1.43 bits per heavy atom. The van der Waals surface area contributed by atoms with Gasteiger partial charge in [0.05, 0.1) is 4.90 Å². The number of halogens is 1. The predicted molar refractivity (Wildman–Crippen MR) is 90.5 cm³/mol. The molecule has 1 aromatic rings. The fourth-order valence-electron chi connectivity index (χ4n) is 2.55. The van der Waals surface area contributed by atoms with Gasteiger partial charge in [-0.3, -0.25) is 0 Å². The summed E-state index contributed by atoms with van der Waals surface area (Å²) in [5.41, 5.74) is 6.91. The van der Waals surface area contributed by atoms with E-state index < -0.39 is 10.0 Å². The molecular formula is C14H21ClN2O2S2. The third-order valence-electron chi connectivity index (χ3n) is 3.78. The number of nitrogens with two attached hydrogens (primary N) is 1. The van der Waals surface area contributed by atoms with Crippen molar-refractivity contribution >= 4 is 39.1 Å². The van der Waals surface area contributed by atoms with E-state index in [-0.39, 0.29) is 10.9 Å². The molecule has 2 atom stereocenters. The first-order chi connectivity index (χ1) is 9.83. The van der Waals surface area contributed by atoms with E-state index in [2.05, 4.69) is 11.6 Å². The Morgan fingerprint density at radius 3 is 2.76 bits per heavy atom. The first-order valence-corrected chi connectivity index (χ1v) is 9.94. The van der Waals surface area contributed by atoms with E-state index in [4.69, 9.17) is 17.3 Å². The van der Waals surface area contributed by atoms with Crippen LogP contribution in [0.25, 0.3) is 0 Å². The minimum Gasteiger partial charge on any atom is -0.398 e. The molecule has 1 saturated carbocycles. The van der Waals surface area contributed by atoms with Gasteiger partial charge in [-0.1, -0.05) is 18.5 Å². The number of nitrogens with one attached hydrogen (secondary N) is 1. The van der Waals surface area contributed by atoms with Crippen LogP contribution in [-0.4, -0.2) is 25.5 Å². The van der Waals surface area contributed by atoms with Gasteiger partial charge in [-0.15, -0.1) is 0 Å². The van der Waals surface area contributed by atoms with Crippen LogP contribution in [-0.2, 0) is 10.0 Å². The van der Waals surface area contributed by atoms with Crippen LogP contribution in [0.4, 0.5) is 5.69 Å². The Labute approximate surface area is 135 Å². The molecule has 2 rings (SSSR count). The van der Waals surface area contributed by atoms with Gasteiger partial charge < -0.3 is 5.73 Å². The van der Waals surface area contributed by atoms with Crippen LogP contribution in [0.3, 0.4) is 0 Å². The molecule has 1 aromatic carbocycles. The van der Waals surface area contributed by atoms with Crippen LogP contribution < -0.4 is 10.5 Å². The summed E-state index contributed by atoms with van der Waals surface area (Å²) < 4.78 is 27.7. The topological polar surface area (TPSA) is 72.2 Å². The van der Waals surface area contributed by atoms with Gasteiger partial charge in [0.1, 0.15) is 0 Å². The molecule has 0 aromatic heterocycles. The SMILES string of the molecule is CCSC1CCC(NS(=O)(=O)c2cc(N)c(C)c(Cl)c2)C1. The molecule has 7 heteroatoms. The molecule has 0 aliphatic heterocycles. The number of nitrogen functional groups attached to an aromatic ring is 1. The Kier molecular flexibility index (Phi) is 5.46. The van der Waals surface area contributed by atoms with Gasteiger partial charge in [-0.25, -0.2) is 13.1 Å². The van der Waals surface area contributed by atoms with E-state index in [0.717, 1.165) is 25.0 Å². The quantitative estimate of drug-likeness (QED) is 0.801. The van der Waals surface area contributed by atoms with Crippen molar-refractivity contribution in [1.29, 1.82) is 0 Å². The summed E-state index contributed by atoms with van der Waals surface area (Å²) in [6, 6.07) is 2.93. The Balaban J connectivity index is 2.13. The zero-order valence-electron chi connectivity index (χ0n) is 12.2. The number of rotatable bonds is 5. The Hall–Kier alpha value is -0.430. The molecule has 0 spiro atoms. The highest BCUT2D eigenvalue weighted by molar-refractivity contribution is 7.99. The second-order valence-corrected chi connectivity index (χ2v) is 9.03. The van der Waals surface area contributed by atoms with E-state index >= 15 is 0 Å². The second-order valence-electron chi connectivity index (χ2n) is 5.33. The maximum atomic E-state index is 12.4. The molecule has 1 aliphatic carbocycles. The average molecular weight is 349 g/mol. The first kappa shape index (κ1) is 16.9. The molecular weight excluding hydrogens is 328 g/mol. The highest BCUT2D eigenvalue weighted by Crippen LogP contribution is 2.31. The van der Waals surface area contributed by atoms with Gasteiger partial charge in [0.2, 0.25) is 10.0 Å². The Bertz CT molecular complexity index is 596. The molecule has 2 unspecified atom stereocenters. The lowest BCUT2D eigenvalue weighted by molar-refractivity contribution is 0.552. The standard InChI is InChI=1S/C14H21ClN2O2S2/c1-3-20-11-5-4-10(6-11)17-21(18,19)12-7-13(15)9(2)14(16)8-12/h7-8,10-11,17H,3-6,16H2,1-2H3. The number of anilines is 1. The zero-order chi connectivity index (χ0) is 15.6. The summed E-state index contributed by atoms with van der Waals surface area (Å²) in [4.78, 5) is 0.141. The molecule has 21 heavy (non-hydrogen) atoms. The van der Waals surface area contributed by atoms with Crippen molar-refractivity contribution in [3.8, 4) is 0 Å². The van der Waals surface area contributed by atoms with Crippen LogP contribution >= 0.6 is 23.4 Å². The maximum Gasteiger partial charge on any atom is 0.240 e. The number of hydrogen-bond donors (Lipinski definition) is 2. The van der Waals surface area contributed by atoms with Crippen molar-refractivity contribution in [2.75, 3.05) is 11.5 Å². The smallest absolute Gasteiger partial charge is 0.240 e. The van der Waals surface area contributed by atoms with E-state index in [1.807, 2.05) is 11.8 Å². The third-order valence-corrected chi connectivity index (χ3v) is 6.90. The lowest BCUT2D eigenvalue weighted by Crippen LogP contribution is -2.33. The highest BCUT2D eigenvalue weighted by Gasteiger charge is 2.29. The zero-order valence-corrected chi connectivity index (χ0v) is 14.6. The molecule has 4 nitrogen and oxygen atoms in total. The number of thioether (sulfide) groups is 1. The van der Waals surface area contributed by atoms with Gasteiger partial charge in [0.25, 0.3) is 0 Å². The molecule has 0 bridgehead atoms. The summed E-state index contributed by atoms with van der Waals surface area (Å²) >= 11 is 7.93. The van der Waals surface area contributed by atoms with Crippen LogP contribution in [0.1, 0.15) is 31.7 Å². The largest absolute Gasteiger partial charge is 0.398 e. The minimum absolute atomic E-state index is 0.000327.